The molecule has 2 heterocycles. The Kier molecular flexibility index (Phi) is 4.55. The highest BCUT2D eigenvalue weighted by molar-refractivity contribution is 7.72. The molecule has 0 spiro atoms. The van der Waals surface area contributed by atoms with Crippen LogP contribution in [0.25, 0.3) is 0 Å². The van der Waals surface area contributed by atoms with E-state index >= 15 is 0 Å². The summed E-state index contributed by atoms with van der Waals surface area (Å²) in [5.74, 6) is 0.284. The van der Waals surface area contributed by atoms with Crippen molar-refractivity contribution in [3.8, 4) is 0 Å². The van der Waals surface area contributed by atoms with Crippen LogP contribution in [0.1, 0.15) is 13.3 Å². The Morgan fingerprint density at radius 1 is 1.55 bits per heavy atom. The largest absolute Gasteiger partial charge is 0.440 e. The van der Waals surface area contributed by atoms with Gasteiger partial charge in [0.15, 0.2) is 6.34 Å². The number of urea groups is 1. The van der Waals surface area contributed by atoms with E-state index in [2.05, 4.69) is 36.8 Å². The molecule has 2 aliphatic rings. The van der Waals surface area contributed by atoms with Gasteiger partial charge in [0.2, 0.25) is 12.0 Å². The van der Waals surface area contributed by atoms with E-state index in [0.717, 1.165) is 6.16 Å². The predicted octanol–water partition coefficient (Wildman–Crippen LogP) is -0.253. The SMILES string of the molecule is C=C1NC(=O)NC=[N+]1[C@@H]1O[C@H](CCP(=C)(C)C)[C@@H](O)[C@@]1(C)O. The van der Waals surface area contributed by atoms with E-state index in [4.69, 9.17) is 4.74 Å². The van der Waals surface area contributed by atoms with E-state index in [0.29, 0.717) is 6.42 Å². The van der Waals surface area contributed by atoms with Gasteiger partial charge in [-0.25, -0.2) is 20.0 Å². The van der Waals surface area contributed by atoms with Crippen LogP contribution in [0.5, 0.6) is 0 Å². The number of nitrogens with zero attached hydrogens (tertiary/aromatic N) is 1. The van der Waals surface area contributed by atoms with Gasteiger partial charge < -0.3 is 14.9 Å². The highest BCUT2D eigenvalue weighted by Gasteiger charge is 2.55. The van der Waals surface area contributed by atoms with E-state index in [1.807, 2.05) is 0 Å². The van der Waals surface area contributed by atoms with Crippen molar-refractivity contribution in [3.63, 3.8) is 0 Å². The molecule has 0 aliphatic carbocycles. The van der Waals surface area contributed by atoms with Crippen molar-refractivity contribution in [2.75, 3.05) is 19.5 Å². The number of aliphatic hydroxyl groups excluding tert-OH is 1. The first-order valence-corrected chi connectivity index (χ1v) is 10.2. The summed E-state index contributed by atoms with van der Waals surface area (Å²) < 4.78 is 7.34. The second-order valence-corrected chi connectivity index (χ2v) is 11.0. The van der Waals surface area contributed by atoms with Gasteiger partial charge in [0.05, 0.1) is 6.10 Å². The first-order chi connectivity index (χ1) is 10.0. The van der Waals surface area contributed by atoms with Crippen LogP contribution in [0, 0.1) is 0 Å². The zero-order chi connectivity index (χ0) is 16.7. The molecule has 124 valence electrons. The summed E-state index contributed by atoms with van der Waals surface area (Å²) in [6.45, 7) is 8.24. The third kappa shape index (κ3) is 3.43. The molecule has 1 saturated heterocycles. The topological polar surface area (TPSA) is 93.8 Å². The lowest BCUT2D eigenvalue weighted by Gasteiger charge is -2.28. The molecule has 2 rings (SSSR count). The molecule has 0 radical (unpaired) electrons. The minimum Gasteiger partial charge on any atom is -0.387 e. The van der Waals surface area contributed by atoms with E-state index in [1.54, 1.807) is 0 Å². The number of carbonyl (C=O) groups is 1. The van der Waals surface area contributed by atoms with Crippen molar-refractivity contribution in [1.82, 2.24) is 10.6 Å². The molecule has 2 aliphatic heterocycles. The first kappa shape index (κ1) is 17.2. The van der Waals surface area contributed by atoms with Crippen LogP contribution in [0.2, 0.25) is 0 Å². The van der Waals surface area contributed by atoms with Gasteiger partial charge in [-0.3, -0.25) is 0 Å². The molecule has 7 nitrogen and oxygen atoms in total. The van der Waals surface area contributed by atoms with Crippen LogP contribution in [-0.2, 0) is 4.74 Å². The fourth-order valence-corrected chi connectivity index (χ4v) is 3.55. The summed E-state index contributed by atoms with van der Waals surface area (Å²) in [6.07, 6.45) is 4.66. The van der Waals surface area contributed by atoms with Crippen molar-refractivity contribution in [2.24, 2.45) is 0 Å². The van der Waals surface area contributed by atoms with Crippen LogP contribution in [0.3, 0.4) is 0 Å². The van der Waals surface area contributed by atoms with Gasteiger partial charge in [-0.05, 0) is 39.4 Å². The van der Waals surface area contributed by atoms with Crippen LogP contribution in [0.15, 0.2) is 12.4 Å². The first-order valence-electron chi connectivity index (χ1n) is 7.14. The van der Waals surface area contributed by atoms with Gasteiger partial charge in [0.25, 0.3) is 0 Å². The van der Waals surface area contributed by atoms with Crippen molar-refractivity contribution < 1.29 is 24.3 Å². The maximum absolute atomic E-state index is 11.2. The summed E-state index contributed by atoms with van der Waals surface area (Å²) in [4.78, 5) is 11.2. The summed E-state index contributed by atoms with van der Waals surface area (Å²) in [5.41, 5.74) is -1.49. The minimum absolute atomic E-state index is 0.284. The van der Waals surface area contributed by atoms with Gasteiger partial charge in [0, 0.05) is 0 Å². The standard InChI is InChI=1S/C14H24N3O4P/c1-9-16-13(19)15-8-17(9)12-14(2,20)11(18)10(21-12)6-7-22(3,4)5/h8,10-12,18,20H,1,3,6-7H2,2,4-5H3,(H,16,19)/p+1/t10-,11-,12-,14-/m1/s1. The molecule has 22 heavy (non-hydrogen) atoms. The predicted molar refractivity (Wildman–Crippen MR) is 87.8 cm³/mol. The molecule has 1 fully saturated rings. The Balaban J connectivity index is 2.18. The summed E-state index contributed by atoms with van der Waals surface area (Å²) >= 11 is 0. The van der Waals surface area contributed by atoms with Gasteiger partial charge in [-0.15, -0.1) is 13.2 Å². The van der Waals surface area contributed by atoms with Gasteiger partial charge in [0.1, 0.15) is 11.7 Å². The molecular formula is C14H25N3O4P+. The van der Waals surface area contributed by atoms with E-state index in [-0.39, 0.29) is 5.82 Å². The van der Waals surface area contributed by atoms with E-state index in [9.17, 15) is 15.0 Å². The third-order valence-electron chi connectivity index (χ3n) is 3.93. The molecule has 0 aromatic heterocycles. The number of hydrogen-bond acceptors (Lipinski definition) is 4. The number of carbonyl (C=O) groups excluding carboxylic acids is 1. The highest BCUT2D eigenvalue weighted by atomic mass is 31.2. The lowest BCUT2D eigenvalue weighted by Crippen LogP contribution is -2.55. The Bertz CT molecular complexity index is 566. The molecule has 0 unspecified atom stereocenters. The fourth-order valence-electron chi connectivity index (χ4n) is 2.60. The molecule has 2 amide bonds. The second-order valence-electron chi connectivity index (χ2n) is 6.73. The third-order valence-corrected chi connectivity index (χ3v) is 5.40. The van der Waals surface area contributed by atoms with Gasteiger partial charge >= 0.3 is 6.03 Å². The molecule has 0 aromatic rings. The number of aliphatic hydroxyl groups is 2. The zero-order valence-corrected chi connectivity index (χ0v) is 14.1. The maximum Gasteiger partial charge on any atom is 0.440 e. The average Bonchev–Trinajstić information content (AvgIpc) is 2.59. The summed E-state index contributed by atoms with van der Waals surface area (Å²) in [5, 5.41) is 26.0. The normalized spacial score (nSPS) is 35.9. The number of amides is 2. The highest BCUT2D eigenvalue weighted by Crippen LogP contribution is 2.40. The summed E-state index contributed by atoms with van der Waals surface area (Å²) in [6, 6.07) is -0.403. The number of rotatable bonds is 4. The van der Waals surface area contributed by atoms with Crippen LogP contribution in [-0.4, -0.2) is 77.0 Å². The average molecular weight is 330 g/mol. The van der Waals surface area contributed by atoms with Gasteiger partial charge in [-0.2, -0.15) is 0 Å². The van der Waals surface area contributed by atoms with Crippen LogP contribution < -0.4 is 10.6 Å². The monoisotopic (exact) mass is 330 g/mol. The number of hydrogen-bond donors (Lipinski definition) is 4. The second kappa shape index (κ2) is 5.81. The Morgan fingerprint density at radius 3 is 2.73 bits per heavy atom. The Labute approximate surface area is 130 Å². The number of nitrogens with one attached hydrogen (secondary N) is 2. The van der Waals surface area contributed by atoms with Crippen LogP contribution in [0.4, 0.5) is 4.79 Å². The Morgan fingerprint density at radius 2 is 2.18 bits per heavy atom. The molecule has 0 bridgehead atoms. The minimum atomic E-state index is -1.49. The van der Waals surface area contributed by atoms with Crippen molar-refractivity contribution in [1.29, 1.82) is 0 Å². The van der Waals surface area contributed by atoms with E-state index < -0.39 is 37.0 Å². The zero-order valence-electron chi connectivity index (χ0n) is 13.2. The Hall–Kier alpha value is -1.14. The molecule has 0 saturated carbocycles. The fraction of sp³-hybridized carbons (Fsp3) is 0.643. The lowest BCUT2D eigenvalue weighted by atomic mass is 9.95. The maximum atomic E-state index is 11.2. The molecule has 0 aromatic carbocycles. The quantitative estimate of drug-likeness (QED) is 0.422. The molecule has 8 heteroatoms. The molecule has 4 atom stereocenters. The smallest absolute Gasteiger partial charge is 0.387 e. The lowest BCUT2D eigenvalue weighted by molar-refractivity contribution is -0.588. The summed E-state index contributed by atoms with van der Waals surface area (Å²) in [7, 11) is 0. The van der Waals surface area contributed by atoms with Crippen molar-refractivity contribution in [3.05, 3.63) is 12.4 Å². The van der Waals surface area contributed by atoms with Crippen molar-refractivity contribution >= 4 is 25.6 Å². The molecular weight excluding hydrogens is 305 g/mol. The van der Waals surface area contributed by atoms with Crippen molar-refractivity contribution in [2.45, 2.75) is 37.4 Å². The molecule has 4 N–H and O–H groups in total. The van der Waals surface area contributed by atoms with E-state index in [1.165, 1.54) is 17.8 Å². The van der Waals surface area contributed by atoms with Gasteiger partial charge in [-0.1, -0.05) is 0 Å². The number of ether oxygens (including phenoxy) is 1. The van der Waals surface area contributed by atoms with Crippen LogP contribution >= 0.6 is 6.89 Å².